The van der Waals surface area contributed by atoms with Gasteiger partial charge in [-0.15, -0.1) is 11.3 Å². The highest BCUT2D eigenvalue weighted by Gasteiger charge is 2.35. The summed E-state index contributed by atoms with van der Waals surface area (Å²) >= 11 is 0.917. The summed E-state index contributed by atoms with van der Waals surface area (Å²) in [5.74, 6) is -1.38. The van der Waals surface area contributed by atoms with E-state index in [1.165, 1.54) is 18.9 Å². The van der Waals surface area contributed by atoms with Crippen molar-refractivity contribution in [3.05, 3.63) is 45.8 Å². The van der Waals surface area contributed by atoms with Crippen molar-refractivity contribution in [2.24, 2.45) is 0 Å². The van der Waals surface area contributed by atoms with Crippen molar-refractivity contribution < 1.29 is 42.9 Å². The maximum absolute atomic E-state index is 13.5. The fourth-order valence-electron chi connectivity index (χ4n) is 4.36. The minimum absolute atomic E-state index is 0.0402. The first kappa shape index (κ1) is 31.1. The standard InChI is InChI=1S/C28H36N2O9S/c1-6-37-26(32)23-17(3)24(27(33)38-7-2)40-25(23)30(28(34)29-18(4)31)16-22(39-19-12-14-36-15-13-19)20-10-8-9-11-21(20)35-5/h8-11,19,22H,6-7,12-16H2,1-5H3,(H,29,31,34)/t22-/m0/s1. The number of nitrogens with zero attached hydrogens (tertiary/aromatic N) is 1. The van der Waals surface area contributed by atoms with Crippen LogP contribution in [0.4, 0.5) is 9.80 Å². The number of hydrogen-bond acceptors (Lipinski definition) is 10. The van der Waals surface area contributed by atoms with E-state index in [-0.39, 0.29) is 41.3 Å². The van der Waals surface area contributed by atoms with Crippen LogP contribution in [0.25, 0.3) is 0 Å². The smallest absolute Gasteiger partial charge is 0.348 e. The van der Waals surface area contributed by atoms with Crippen molar-refractivity contribution in [1.82, 2.24) is 5.32 Å². The Hall–Kier alpha value is -3.48. The summed E-state index contributed by atoms with van der Waals surface area (Å²) in [6.07, 6.45) is 0.432. The van der Waals surface area contributed by atoms with E-state index in [0.717, 1.165) is 11.3 Å². The number of hydrogen-bond donors (Lipinski definition) is 1. The van der Waals surface area contributed by atoms with Gasteiger partial charge in [-0.05, 0) is 45.2 Å². The largest absolute Gasteiger partial charge is 0.496 e. The molecule has 1 atom stereocenters. The van der Waals surface area contributed by atoms with Crippen LogP contribution < -0.4 is 15.0 Å². The van der Waals surface area contributed by atoms with E-state index in [9.17, 15) is 19.2 Å². The minimum atomic E-state index is -0.787. The predicted molar refractivity (Wildman–Crippen MR) is 148 cm³/mol. The molecule has 1 N–H and O–H groups in total. The summed E-state index contributed by atoms with van der Waals surface area (Å²) in [7, 11) is 1.54. The zero-order valence-electron chi connectivity index (χ0n) is 23.4. The quantitative estimate of drug-likeness (QED) is 0.387. The van der Waals surface area contributed by atoms with Gasteiger partial charge in [0.05, 0.1) is 38.5 Å². The molecule has 2 aromatic rings. The zero-order valence-corrected chi connectivity index (χ0v) is 24.3. The minimum Gasteiger partial charge on any atom is -0.496 e. The van der Waals surface area contributed by atoms with Crippen molar-refractivity contribution in [2.75, 3.05) is 45.0 Å². The number of ether oxygens (including phenoxy) is 5. The topological polar surface area (TPSA) is 130 Å². The summed E-state index contributed by atoms with van der Waals surface area (Å²) in [6.45, 7) is 7.32. The van der Waals surface area contributed by atoms with Crippen LogP contribution in [0.2, 0.25) is 0 Å². The second-order valence-electron chi connectivity index (χ2n) is 8.95. The van der Waals surface area contributed by atoms with Crippen LogP contribution in [0.1, 0.15) is 70.9 Å². The number of thiophene rings is 1. The predicted octanol–water partition coefficient (Wildman–Crippen LogP) is 4.42. The van der Waals surface area contributed by atoms with Crippen LogP contribution >= 0.6 is 11.3 Å². The molecule has 0 unspecified atom stereocenters. The van der Waals surface area contributed by atoms with Crippen molar-refractivity contribution >= 4 is 40.2 Å². The molecule has 2 heterocycles. The second kappa shape index (κ2) is 14.8. The molecule has 0 aliphatic carbocycles. The Labute approximate surface area is 237 Å². The van der Waals surface area contributed by atoms with E-state index >= 15 is 0 Å². The maximum atomic E-state index is 13.5. The number of anilines is 1. The summed E-state index contributed by atoms with van der Waals surface area (Å²) < 4.78 is 28.1. The molecule has 1 aromatic carbocycles. The lowest BCUT2D eigenvalue weighted by molar-refractivity contribution is -0.117. The molecule has 3 amide bonds. The number of imide groups is 1. The van der Waals surface area contributed by atoms with Gasteiger partial charge in [0.1, 0.15) is 21.7 Å². The van der Waals surface area contributed by atoms with Gasteiger partial charge in [0.25, 0.3) is 0 Å². The highest BCUT2D eigenvalue weighted by Crippen LogP contribution is 2.39. The molecule has 1 fully saturated rings. The Kier molecular flexibility index (Phi) is 11.5. The molecule has 0 spiro atoms. The summed E-state index contributed by atoms with van der Waals surface area (Å²) in [5, 5.41) is 2.42. The van der Waals surface area contributed by atoms with Crippen molar-refractivity contribution in [1.29, 1.82) is 0 Å². The van der Waals surface area contributed by atoms with Crippen molar-refractivity contribution in [3.8, 4) is 5.75 Å². The van der Waals surface area contributed by atoms with E-state index in [1.807, 2.05) is 18.2 Å². The molecule has 11 nitrogen and oxygen atoms in total. The van der Waals surface area contributed by atoms with E-state index in [2.05, 4.69) is 5.32 Å². The lowest BCUT2D eigenvalue weighted by atomic mass is 10.1. The van der Waals surface area contributed by atoms with Gasteiger partial charge in [-0.25, -0.2) is 14.4 Å². The lowest BCUT2D eigenvalue weighted by Crippen LogP contribution is -2.45. The van der Waals surface area contributed by atoms with E-state index in [0.29, 0.717) is 42.9 Å². The molecule has 0 saturated carbocycles. The van der Waals surface area contributed by atoms with Gasteiger partial charge in [0.2, 0.25) is 5.91 Å². The third kappa shape index (κ3) is 7.58. The van der Waals surface area contributed by atoms with Crippen LogP contribution in [0.3, 0.4) is 0 Å². The Morgan fingerprint density at radius 3 is 2.35 bits per heavy atom. The van der Waals surface area contributed by atoms with Crippen molar-refractivity contribution in [2.45, 2.75) is 52.7 Å². The molecule has 0 bridgehead atoms. The number of methoxy groups -OCH3 is 1. The normalized spacial score (nSPS) is 14.2. The van der Waals surface area contributed by atoms with E-state index in [1.54, 1.807) is 26.8 Å². The summed E-state index contributed by atoms with van der Waals surface area (Å²) in [6, 6.07) is 6.48. The van der Waals surface area contributed by atoms with Gasteiger partial charge in [-0.1, -0.05) is 18.2 Å². The molecule has 12 heteroatoms. The van der Waals surface area contributed by atoms with E-state index < -0.39 is 30.0 Å². The molecule has 3 rings (SSSR count). The van der Waals surface area contributed by atoms with Crippen LogP contribution in [0.15, 0.2) is 24.3 Å². The molecule has 1 aromatic heterocycles. The molecular formula is C28H36N2O9S. The van der Waals surface area contributed by atoms with Crippen LogP contribution in [-0.4, -0.2) is 70.1 Å². The molecule has 218 valence electrons. The fourth-order valence-corrected chi connectivity index (χ4v) is 5.55. The average Bonchev–Trinajstić information content (AvgIpc) is 3.28. The van der Waals surface area contributed by atoms with Crippen LogP contribution in [0.5, 0.6) is 5.75 Å². The third-order valence-corrected chi connectivity index (χ3v) is 7.50. The molecule has 40 heavy (non-hydrogen) atoms. The molecule has 0 radical (unpaired) electrons. The number of benzene rings is 1. The Bertz CT molecular complexity index is 1210. The fraction of sp³-hybridized carbons (Fsp3) is 0.500. The second-order valence-corrected chi connectivity index (χ2v) is 9.95. The number of amides is 3. The van der Waals surface area contributed by atoms with Gasteiger partial charge in [0.15, 0.2) is 0 Å². The first-order chi connectivity index (χ1) is 19.2. The average molecular weight is 577 g/mol. The van der Waals surface area contributed by atoms with Crippen molar-refractivity contribution in [3.63, 3.8) is 0 Å². The summed E-state index contributed by atoms with van der Waals surface area (Å²) in [4.78, 5) is 52.8. The number of rotatable bonds is 11. The number of carbonyl (C=O) groups is 4. The third-order valence-electron chi connectivity index (χ3n) is 6.20. The molecular weight excluding hydrogens is 540 g/mol. The Morgan fingerprint density at radius 1 is 1.07 bits per heavy atom. The number of nitrogens with one attached hydrogen (secondary N) is 1. The number of urea groups is 1. The molecule has 1 aliphatic rings. The first-order valence-corrected chi connectivity index (χ1v) is 14.0. The van der Waals surface area contributed by atoms with Gasteiger partial charge < -0.3 is 23.7 Å². The molecule has 1 aliphatic heterocycles. The molecule has 1 saturated heterocycles. The lowest BCUT2D eigenvalue weighted by Gasteiger charge is -2.32. The number of esters is 2. The van der Waals surface area contributed by atoms with Crippen LogP contribution in [0, 0.1) is 6.92 Å². The van der Waals surface area contributed by atoms with Gasteiger partial charge in [-0.2, -0.15) is 0 Å². The number of para-hydroxylation sites is 1. The highest BCUT2D eigenvalue weighted by atomic mass is 32.1. The highest BCUT2D eigenvalue weighted by molar-refractivity contribution is 7.18. The Balaban J connectivity index is 2.16. The Morgan fingerprint density at radius 2 is 1.73 bits per heavy atom. The first-order valence-electron chi connectivity index (χ1n) is 13.1. The number of carbonyl (C=O) groups excluding carboxylic acids is 4. The maximum Gasteiger partial charge on any atom is 0.348 e. The SMILES string of the molecule is CCOC(=O)c1sc(N(C[C@H](OC2CCOCC2)c2ccccc2OC)C(=O)NC(C)=O)c(C(=O)OCC)c1C. The van der Waals surface area contributed by atoms with Gasteiger partial charge in [-0.3, -0.25) is 15.0 Å². The summed E-state index contributed by atoms with van der Waals surface area (Å²) in [5.41, 5.74) is 1.03. The zero-order chi connectivity index (χ0) is 29.2. The van der Waals surface area contributed by atoms with Gasteiger partial charge >= 0.3 is 18.0 Å². The van der Waals surface area contributed by atoms with Crippen LogP contribution in [-0.2, 0) is 23.7 Å². The van der Waals surface area contributed by atoms with Gasteiger partial charge in [0, 0.05) is 25.7 Å². The monoisotopic (exact) mass is 576 g/mol. The van der Waals surface area contributed by atoms with E-state index in [4.69, 9.17) is 23.7 Å².